The van der Waals surface area contributed by atoms with E-state index in [-0.39, 0.29) is 17.8 Å². The van der Waals surface area contributed by atoms with E-state index in [0.717, 1.165) is 17.7 Å². The number of hydrogen-bond acceptors (Lipinski definition) is 4. The Labute approximate surface area is 133 Å². The van der Waals surface area contributed by atoms with Crippen LogP contribution in [0.4, 0.5) is 0 Å². The minimum atomic E-state index is -0.205. The SMILES string of the molecule is CCOC(=O)C1CCCN(C(=O)/C=C/c2ccc(Cl)s2)C1. The summed E-state index contributed by atoms with van der Waals surface area (Å²) < 4.78 is 5.73. The molecule has 0 saturated carbocycles. The van der Waals surface area contributed by atoms with E-state index in [1.807, 2.05) is 6.07 Å². The van der Waals surface area contributed by atoms with Gasteiger partial charge in [-0.3, -0.25) is 9.59 Å². The van der Waals surface area contributed by atoms with Gasteiger partial charge in [-0.1, -0.05) is 11.6 Å². The van der Waals surface area contributed by atoms with Crippen LogP contribution >= 0.6 is 22.9 Å². The van der Waals surface area contributed by atoms with Gasteiger partial charge in [-0.25, -0.2) is 0 Å². The average molecular weight is 328 g/mol. The van der Waals surface area contributed by atoms with Crippen LogP contribution in [0.3, 0.4) is 0 Å². The molecular weight excluding hydrogens is 310 g/mol. The molecule has 1 aliphatic rings. The Morgan fingerprint density at radius 3 is 3.00 bits per heavy atom. The Morgan fingerprint density at radius 1 is 1.52 bits per heavy atom. The van der Waals surface area contributed by atoms with Crippen molar-refractivity contribution < 1.29 is 14.3 Å². The van der Waals surface area contributed by atoms with E-state index in [1.54, 1.807) is 24.0 Å². The molecule has 1 aromatic rings. The summed E-state index contributed by atoms with van der Waals surface area (Å²) in [6, 6.07) is 3.67. The fourth-order valence-corrected chi connectivity index (χ4v) is 3.27. The average Bonchev–Trinajstić information content (AvgIpc) is 2.91. The highest BCUT2D eigenvalue weighted by Crippen LogP contribution is 2.23. The number of amides is 1. The van der Waals surface area contributed by atoms with Crippen LogP contribution in [0.1, 0.15) is 24.6 Å². The highest BCUT2D eigenvalue weighted by molar-refractivity contribution is 7.17. The molecule has 6 heteroatoms. The molecule has 1 aromatic heterocycles. The zero-order valence-corrected chi connectivity index (χ0v) is 13.5. The molecule has 2 heterocycles. The van der Waals surface area contributed by atoms with Crippen molar-refractivity contribution >= 4 is 40.9 Å². The molecular formula is C15H18ClNO3S. The lowest BCUT2D eigenvalue weighted by atomic mass is 9.98. The third kappa shape index (κ3) is 4.58. The minimum Gasteiger partial charge on any atom is -0.466 e. The first-order valence-electron chi connectivity index (χ1n) is 6.99. The molecule has 1 amide bonds. The van der Waals surface area contributed by atoms with Crippen LogP contribution in [0.15, 0.2) is 18.2 Å². The number of likely N-dealkylation sites (tertiary alicyclic amines) is 1. The van der Waals surface area contributed by atoms with Crippen LogP contribution in [0, 0.1) is 5.92 Å². The lowest BCUT2D eigenvalue weighted by molar-refractivity contribution is -0.150. The Balaban J connectivity index is 1.92. The van der Waals surface area contributed by atoms with Gasteiger partial charge >= 0.3 is 5.97 Å². The van der Waals surface area contributed by atoms with Crippen molar-refractivity contribution in [1.29, 1.82) is 0 Å². The maximum atomic E-state index is 12.2. The zero-order valence-electron chi connectivity index (χ0n) is 11.9. The van der Waals surface area contributed by atoms with E-state index < -0.39 is 0 Å². The fraction of sp³-hybridized carbons (Fsp3) is 0.467. The van der Waals surface area contributed by atoms with E-state index in [2.05, 4.69) is 0 Å². The number of esters is 1. The van der Waals surface area contributed by atoms with Gasteiger partial charge in [-0.2, -0.15) is 0 Å². The summed E-state index contributed by atoms with van der Waals surface area (Å²) in [5, 5.41) is 0. The topological polar surface area (TPSA) is 46.6 Å². The Bertz CT molecular complexity index is 541. The van der Waals surface area contributed by atoms with Gasteiger partial charge in [0.2, 0.25) is 5.91 Å². The summed E-state index contributed by atoms with van der Waals surface area (Å²) in [5.74, 6) is -0.482. The molecule has 114 valence electrons. The number of piperidine rings is 1. The van der Waals surface area contributed by atoms with Crippen molar-refractivity contribution in [2.24, 2.45) is 5.92 Å². The highest BCUT2D eigenvalue weighted by atomic mass is 35.5. The lowest BCUT2D eigenvalue weighted by Crippen LogP contribution is -2.42. The maximum Gasteiger partial charge on any atom is 0.310 e. The smallest absolute Gasteiger partial charge is 0.310 e. The Morgan fingerprint density at radius 2 is 2.33 bits per heavy atom. The number of rotatable bonds is 4. The van der Waals surface area contributed by atoms with Crippen molar-refractivity contribution in [2.45, 2.75) is 19.8 Å². The first kappa shape index (κ1) is 16.0. The van der Waals surface area contributed by atoms with Crippen molar-refractivity contribution in [3.8, 4) is 0 Å². The van der Waals surface area contributed by atoms with Crippen LogP contribution in [-0.4, -0.2) is 36.5 Å². The normalized spacial score (nSPS) is 19.0. The van der Waals surface area contributed by atoms with Crippen LogP contribution in [0.2, 0.25) is 4.34 Å². The molecule has 1 aliphatic heterocycles. The fourth-order valence-electron chi connectivity index (χ4n) is 2.31. The predicted octanol–water partition coefficient (Wildman–Crippen LogP) is 3.22. The Hall–Kier alpha value is -1.33. The van der Waals surface area contributed by atoms with E-state index in [9.17, 15) is 9.59 Å². The molecule has 1 atom stereocenters. The highest BCUT2D eigenvalue weighted by Gasteiger charge is 2.28. The Kier molecular flexibility index (Phi) is 5.82. The monoisotopic (exact) mass is 327 g/mol. The van der Waals surface area contributed by atoms with Crippen LogP contribution in [-0.2, 0) is 14.3 Å². The summed E-state index contributed by atoms with van der Waals surface area (Å²) in [6.07, 6.45) is 4.91. The summed E-state index contributed by atoms with van der Waals surface area (Å²) in [7, 11) is 0. The second kappa shape index (κ2) is 7.61. The predicted molar refractivity (Wildman–Crippen MR) is 84.3 cm³/mol. The molecule has 1 fully saturated rings. The second-order valence-corrected chi connectivity index (χ2v) is 6.60. The number of halogens is 1. The molecule has 0 spiro atoms. The van der Waals surface area contributed by atoms with Crippen LogP contribution in [0.25, 0.3) is 6.08 Å². The molecule has 0 radical (unpaired) electrons. The lowest BCUT2D eigenvalue weighted by Gasteiger charge is -2.30. The van der Waals surface area contributed by atoms with Gasteiger partial charge < -0.3 is 9.64 Å². The molecule has 0 aromatic carbocycles. The number of carbonyl (C=O) groups excluding carboxylic acids is 2. The zero-order chi connectivity index (χ0) is 15.2. The number of carbonyl (C=O) groups is 2. The standard InChI is InChI=1S/C15H18ClNO3S/c1-2-20-15(19)11-4-3-9-17(10-11)14(18)8-6-12-5-7-13(16)21-12/h5-8,11H,2-4,9-10H2,1H3/b8-6+. The second-order valence-electron chi connectivity index (χ2n) is 4.85. The molecule has 1 unspecified atom stereocenters. The third-order valence-corrected chi connectivity index (χ3v) is 4.53. The summed E-state index contributed by atoms with van der Waals surface area (Å²) in [6.45, 7) is 3.29. The van der Waals surface area contributed by atoms with Gasteiger partial charge in [0, 0.05) is 24.0 Å². The third-order valence-electron chi connectivity index (χ3n) is 3.34. The molecule has 0 N–H and O–H groups in total. The number of ether oxygens (including phenoxy) is 1. The van der Waals surface area contributed by atoms with Gasteiger partial charge in [0.25, 0.3) is 0 Å². The van der Waals surface area contributed by atoms with Crippen molar-refractivity contribution in [3.05, 3.63) is 27.4 Å². The summed E-state index contributed by atoms with van der Waals surface area (Å²) in [5.41, 5.74) is 0. The quantitative estimate of drug-likeness (QED) is 0.630. The van der Waals surface area contributed by atoms with Crippen molar-refractivity contribution in [1.82, 2.24) is 4.90 Å². The van der Waals surface area contributed by atoms with Gasteiger partial charge in [0.05, 0.1) is 16.9 Å². The van der Waals surface area contributed by atoms with Gasteiger partial charge in [-0.15, -0.1) is 11.3 Å². The minimum absolute atomic E-state index is 0.0754. The molecule has 0 bridgehead atoms. The van der Waals surface area contributed by atoms with E-state index in [0.29, 0.717) is 24.0 Å². The summed E-state index contributed by atoms with van der Waals surface area (Å²) >= 11 is 7.27. The molecule has 2 rings (SSSR count). The van der Waals surface area contributed by atoms with Crippen molar-refractivity contribution in [3.63, 3.8) is 0 Å². The van der Waals surface area contributed by atoms with Crippen LogP contribution in [0.5, 0.6) is 0 Å². The van der Waals surface area contributed by atoms with Gasteiger partial charge in [0.1, 0.15) is 0 Å². The van der Waals surface area contributed by atoms with E-state index in [1.165, 1.54) is 17.4 Å². The van der Waals surface area contributed by atoms with Crippen molar-refractivity contribution in [2.75, 3.05) is 19.7 Å². The molecule has 0 aliphatic carbocycles. The largest absolute Gasteiger partial charge is 0.466 e. The number of thiophene rings is 1. The number of hydrogen-bond donors (Lipinski definition) is 0. The van der Waals surface area contributed by atoms with Gasteiger partial charge in [0.15, 0.2) is 0 Å². The summed E-state index contributed by atoms with van der Waals surface area (Å²) in [4.78, 5) is 26.6. The first-order chi connectivity index (χ1) is 10.1. The molecule has 4 nitrogen and oxygen atoms in total. The van der Waals surface area contributed by atoms with E-state index >= 15 is 0 Å². The molecule has 21 heavy (non-hydrogen) atoms. The van der Waals surface area contributed by atoms with Gasteiger partial charge in [-0.05, 0) is 38.0 Å². The molecule has 1 saturated heterocycles. The number of nitrogens with zero attached hydrogens (tertiary/aromatic N) is 1. The van der Waals surface area contributed by atoms with E-state index in [4.69, 9.17) is 16.3 Å². The maximum absolute atomic E-state index is 12.2. The van der Waals surface area contributed by atoms with Crippen LogP contribution < -0.4 is 0 Å². The first-order valence-corrected chi connectivity index (χ1v) is 8.18.